The molecule has 0 saturated heterocycles. The van der Waals surface area contributed by atoms with Crippen molar-refractivity contribution < 1.29 is 18.7 Å². The highest BCUT2D eigenvalue weighted by molar-refractivity contribution is 5.85. The third-order valence-electron chi connectivity index (χ3n) is 6.23. The second-order valence-electron chi connectivity index (χ2n) is 7.68. The molecule has 3 aliphatic rings. The van der Waals surface area contributed by atoms with Crippen LogP contribution in [-0.2, 0) is 11.3 Å². The Kier molecular flexibility index (Phi) is 3.86. The monoisotopic (exact) mass is 354 g/mol. The first-order valence-electron chi connectivity index (χ1n) is 9.19. The first-order valence-corrected chi connectivity index (χ1v) is 9.19. The third-order valence-corrected chi connectivity index (χ3v) is 6.23. The molecule has 4 rings (SSSR count). The molecule has 6 nitrogen and oxygen atoms in total. The summed E-state index contributed by atoms with van der Waals surface area (Å²) in [5, 5.41) is 18.5. The Balaban J connectivity index is 1.57. The number of carbonyl (C=O) groups is 1. The largest absolute Gasteiger partial charge is 0.383 e. The molecule has 25 heavy (non-hydrogen) atoms. The number of aromatic nitrogens is 3. The SMILES string of the molecule is CC1c2nnc(C3CCCC3)n2CCN1C(=O)C(F)(F)C1(O)CCC1. The molecule has 1 unspecified atom stereocenters. The fourth-order valence-corrected chi connectivity index (χ4v) is 4.38. The second kappa shape index (κ2) is 5.72. The van der Waals surface area contributed by atoms with E-state index in [-0.39, 0.29) is 19.4 Å². The predicted octanol–water partition coefficient (Wildman–Crippen LogP) is 2.39. The molecule has 0 radical (unpaired) electrons. The molecule has 2 aliphatic carbocycles. The van der Waals surface area contributed by atoms with Crippen LogP contribution in [0.3, 0.4) is 0 Å². The summed E-state index contributed by atoms with van der Waals surface area (Å²) in [5.74, 6) is -3.17. The van der Waals surface area contributed by atoms with Crippen molar-refractivity contribution in [3.63, 3.8) is 0 Å². The van der Waals surface area contributed by atoms with E-state index in [0.29, 0.717) is 24.7 Å². The molecule has 0 spiro atoms. The topological polar surface area (TPSA) is 71.2 Å². The molecule has 1 atom stereocenters. The van der Waals surface area contributed by atoms with Crippen molar-refractivity contribution >= 4 is 5.91 Å². The number of rotatable bonds is 3. The van der Waals surface area contributed by atoms with Gasteiger partial charge in [0.25, 0.3) is 5.91 Å². The average Bonchev–Trinajstić information content (AvgIpc) is 3.21. The van der Waals surface area contributed by atoms with E-state index in [4.69, 9.17) is 0 Å². The molecule has 0 aromatic carbocycles. The van der Waals surface area contributed by atoms with Crippen molar-refractivity contribution in [2.75, 3.05) is 6.54 Å². The summed E-state index contributed by atoms with van der Waals surface area (Å²) in [6.45, 7) is 2.33. The third kappa shape index (κ3) is 2.40. The molecule has 1 amide bonds. The molecule has 1 aromatic heterocycles. The summed E-state index contributed by atoms with van der Waals surface area (Å²) in [4.78, 5) is 13.7. The smallest absolute Gasteiger partial charge is 0.352 e. The van der Waals surface area contributed by atoms with Gasteiger partial charge in [-0.2, -0.15) is 8.78 Å². The maximum atomic E-state index is 14.5. The quantitative estimate of drug-likeness (QED) is 0.905. The Bertz CT molecular complexity index is 680. The lowest BCUT2D eigenvalue weighted by Gasteiger charge is -2.44. The van der Waals surface area contributed by atoms with Gasteiger partial charge in [-0.3, -0.25) is 4.79 Å². The van der Waals surface area contributed by atoms with Crippen LogP contribution in [0.5, 0.6) is 0 Å². The molecule has 1 aliphatic heterocycles. The highest BCUT2D eigenvalue weighted by Gasteiger charge is 2.63. The highest BCUT2D eigenvalue weighted by atomic mass is 19.3. The van der Waals surface area contributed by atoms with E-state index in [9.17, 15) is 18.7 Å². The molecule has 1 aromatic rings. The molecule has 8 heteroatoms. The first kappa shape index (κ1) is 16.9. The molecule has 138 valence electrons. The van der Waals surface area contributed by atoms with E-state index in [1.54, 1.807) is 6.92 Å². The standard InChI is InChI=1S/C17H24F2N4O2/c1-11-13-20-21-14(12-5-2-3-6-12)23(13)10-9-22(11)15(24)17(18,19)16(25)7-4-8-16/h11-12,25H,2-10H2,1H3. The normalized spacial score (nSPS) is 26.4. The van der Waals surface area contributed by atoms with Crippen LogP contribution in [0.4, 0.5) is 8.78 Å². The van der Waals surface area contributed by atoms with E-state index >= 15 is 0 Å². The van der Waals surface area contributed by atoms with Crippen LogP contribution >= 0.6 is 0 Å². The van der Waals surface area contributed by atoms with E-state index in [1.807, 2.05) is 4.57 Å². The van der Waals surface area contributed by atoms with Gasteiger partial charge in [-0.05, 0) is 39.0 Å². The van der Waals surface area contributed by atoms with Crippen molar-refractivity contribution in [2.45, 2.75) is 81.9 Å². The van der Waals surface area contributed by atoms with Gasteiger partial charge in [0, 0.05) is 19.0 Å². The van der Waals surface area contributed by atoms with E-state index in [2.05, 4.69) is 10.2 Å². The van der Waals surface area contributed by atoms with Crippen LogP contribution in [0.25, 0.3) is 0 Å². The Morgan fingerprint density at radius 2 is 1.80 bits per heavy atom. The Morgan fingerprint density at radius 3 is 2.40 bits per heavy atom. The summed E-state index contributed by atoms with van der Waals surface area (Å²) in [6, 6.07) is -0.571. The molecular weight excluding hydrogens is 330 g/mol. The lowest BCUT2D eigenvalue weighted by atomic mass is 9.75. The zero-order valence-corrected chi connectivity index (χ0v) is 14.4. The average molecular weight is 354 g/mol. The minimum Gasteiger partial charge on any atom is -0.383 e. The number of halogens is 2. The molecule has 2 saturated carbocycles. The van der Waals surface area contributed by atoms with Gasteiger partial charge in [-0.1, -0.05) is 12.8 Å². The minimum absolute atomic E-state index is 0.0318. The van der Waals surface area contributed by atoms with Gasteiger partial charge in [0.15, 0.2) is 5.82 Å². The Morgan fingerprint density at radius 1 is 1.16 bits per heavy atom. The van der Waals surface area contributed by atoms with Crippen LogP contribution < -0.4 is 0 Å². The maximum Gasteiger partial charge on any atom is 0.352 e. The lowest BCUT2D eigenvalue weighted by Crippen LogP contribution is -2.62. The van der Waals surface area contributed by atoms with Crippen molar-refractivity contribution in [1.29, 1.82) is 0 Å². The van der Waals surface area contributed by atoms with Gasteiger partial charge in [0.05, 0.1) is 6.04 Å². The number of alkyl halides is 2. The molecule has 0 bridgehead atoms. The fourth-order valence-electron chi connectivity index (χ4n) is 4.38. The summed E-state index contributed by atoms with van der Waals surface area (Å²) >= 11 is 0. The highest BCUT2D eigenvalue weighted by Crippen LogP contribution is 2.46. The van der Waals surface area contributed by atoms with Crippen LogP contribution in [0.15, 0.2) is 0 Å². The summed E-state index contributed by atoms with van der Waals surface area (Å²) in [7, 11) is 0. The molecular formula is C17H24F2N4O2. The second-order valence-corrected chi connectivity index (χ2v) is 7.68. The Hall–Kier alpha value is -1.57. The number of amides is 1. The minimum atomic E-state index is -3.75. The maximum absolute atomic E-state index is 14.5. The number of carbonyl (C=O) groups excluding carboxylic acids is 1. The Labute approximate surface area is 145 Å². The summed E-state index contributed by atoms with van der Waals surface area (Å²) in [5.41, 5.74) is -2.19. The number of aliphatic hydroxyl groups is 1. The van der Waals surface area contributed by atoms with Gasteiger partial charge in [-0.25, -0.2) is 0 Å². The van der Waals surface area contributed by atoms with Crippen LogP contribution in [0, 0.1) is 0 Å². The summed E-state index contributed by atoms with van der Waals surface area (Å²) in [6.07, 6.45) is 4.98. The number of hydrogen-bond acceptors (Lipinski definition) is 4. The molecule has 2 heterocycles. The lowest BCUT2D eigenvalue weighted by molar-refractivity contribution is -0.225. The van der Waals surface area contributed by atoms with Gasteiger partial charge >= 0.3 is 5.92 Å². The number of nitrogens with zero attached hydrogens (tertiary/aromatic N) is 4. The van der Waals surface area contributed by atoms with E-state index in [1.165, 1.54) is 12.8 Å². The van der Waals surface area contributed by atoms with Gasteiger partial charge in [0.2, 0.25) is 0 Å². The van der Waals surface area contributed by atoms with Crippen molar-refractivity contribution in [3.8, 4) is 0 Å². The van der Waals surface area contributed by atoms with Crippen LogP contribution in [-0.4, -0.2) is 48.7 Å². The fraction of sp³-hybridized carbons (Fsp3) is 0.824. The van der Waals surface area contributed by atoms with Crippen molar-refractivity contribution in [3.05, 3.63) is 11.6 Å². The zero-order valence-electron chi connectivity index (χ0n) is 14.4. The van der Waals surface area contributed by atoms with Crippen molar-refractivity contribution in [1.82, 2.24) is 19.7 Å². The molecule has 2 fully saturated rings. The predicted molar refractivity (Wildman–Crippen MR) is 85.1 cm³/mol. The zero-order chi connectivity index (χ0) is 17.8. The van der Waals surface area contributed by atoms with Crippen LogP contribution in [0.1, 0.15) is 75.5 Å². The number of hydrogen-bond donors (Lipinski definition) is 1. The van der Waals surface area contributed by atoms with Crippen LogP contribution in [0.2, 0.25) is 0 Å². The van der Waals surface area contributed by atoms with Gasteiger partial charge in [-0.15, -0.1) is 10.2 Å². The van der Waals surface area contributed by atoms with Crippen molar-refractivity contribution in [2.24, 2.45) is 0 Å². The van der Waals surface area contributed by atoms with E-state index in [0.717, 1.165) is 23.6 Å². The van der Waals surface area contributed by atoms with Gasteiger partial charge in [0.1, 0.15) is 11.4 Å². The first-order chi connectivity index (χ1) is 11.8. The van der Waals surface area contributed by atoms with E-state index < -0.39 is 23.5 Å². The van der Waals surface area contributed by atoms with Gasteiger partial charge < -0.3 is 14.6 Å². The molecule has 1 N–H and O–H groups in total. The summed E-state index contributed by atoms with van der Waals surface area (Å²) < 4.78 is 31.1. The number of fused-ring (bicyclic) bond motifs is 1.